The normalized spacial score (nSPS) is 28.4. The Labute approximate surface area is 116 Å². The molecule has 2 fully saturated rings. The second-order valence-corrected chi connectivity index (χ2v) is 5.69. The number of hydrogen-bond donors (Lipinski definition) is 0. The summed E-state index contributed by atoms with van der Waals surface area (Å²) in [5.41, 5.74) is 1.21. The van der Waals surface area contributed by atoms with Crippen LogP contribution in [0.2, 0.25) is 0 Å². The van der Waals surface area contributed by atoms with Gasteiger partial charge in [0.05, 0.1) is 6.04 Å². The fourth-order valence-corrected chi connectivity index (χ4v) is 3.30. The second kappa shape index (κ2) is 6.85. The average molecular weight is 263 g/mol. The molecule has 0 radical (unpaired) electrons. The van der Waals surface area contributed by atoms with E-state index in [0.717, 1.165) is 31.8 Å². The predicted octanol–water partition coefficient (Wildman–Crippen LogP) is 2.07. The van der Waals surface area contributed by atoms with Crippen LogP contribution in [0.25, 0.3) is 0 Å². The van der Waals surface area contributed by atoms with Gasteiger partial charge in [0.1, 0.15) is 0 Å². The summed E-state index contributed by atoms with van der Waals surface area (Å²) in [6.45, 7) is 6.52. The van der Waals surface area contributed by atoms with Crippen LogP contribution in [0.4, 0.5) is 0 Å². The molecule has 2 atom stereocenters. The van der Waals surface area contributed by atoms with Gasteiger partial charge in [-0.05, 0) is 52.1 Å². The first-order chi connectivity index (χ1) is 9.22. The summed E-state index contributed by atoms with van der Waals surface area (Å²) in [5.74, 6) is 0. The highest BCUT2D eigenvalue weighted by atomic mass is 16.1. The largest absolute Gasteiger partial charge is 0.367 e. The van der Waals surface area contributed by atoms with Gasteiger partial charge in [-0.2, -0.15) is 0 Å². The summed E-state index contributed by atoms with van der Waals surface area (Å²) < 4.78 is 0. The number of nitrogens with zero attached hydrogens (tertiary/aromatic N) is 3. The molecule has 19 heavy (non-hydrogen) atoms. The summed E-state index contributed by atoms with van der Waals surface area (Å²) in [5, 5.41) is 0. The number of amides is 1. The van der Waals surface area contributed by atoms with Gasteiger partial charge in [-0.1, -0.05) is 6.58 Å². The highest BCUT2D eigenvalue weighted by Gasteiger charge is 2.25. The minimum absolute atomic E-state index is 0.277. The minimum Gasteiger partial charge on any atom is -0.367 e. The third kappa shape index (κ3) is 3.66. The molecule has 0 saturated carbocycles. The Morgan fingerprint density at radius 1 is 1.37 bits per heavy atom. The van der Waals surface area contributed by atoms with E-state index in [9.17, 15) is 4.79 Å². The molecule has 4 heteroatoms. The van der Waals surface area contributed by atoms with Crippen molar-refractivity contribution >= 4 is 12.6 Å². The van der Waals surface area contributed by atoms with Crippen LogP contribution in [0.1, 0.15) is 38.5 Å². The molecular formula is C15H25N3O. The van der Waals surface area contributed by atoms with Crippen molar-refractivity contribution in [3.8, 4) is 0 Å². The van der Waals surface area contributed by atoms with Crippen molar-refractivity contribution < 1.29 is 4.79 Å². The van der Waals surface area contributed by atoms with E-state index in [-0.39, 0.29) is 6.04 Å². The molecule has 2 aliphatic rings. The van der Waals surface area contributed by atoms with Crippen molar-refractivity contribution in [3.63, 3.8) is 0 Å². The van der Waals surface area contributed by atoms with Crippen molar-refractivity contribution in [1.29, 1.82) is 0 Å². The molecule has 0 aromatic carbocycles. The Morgan fingerprint density at radius 3 is 2.84 bits per heavy atom. The standard InChI is InChI=1S/C15H25N3O/c1-13(7-8-14-5-3-9-17(14)2)18-10-4-6-15(18)11-16-12-19/h11-12,14-15H,1,3-10H2,2H3/b16-11+. The van der Waals surface area contributed by atoms with Crippen LogP contribution in [0.5, 0.6) is 0 Å². The van der Waals surface area contributed by atoms with Crippen LogP contribution in [0.15, 0.2) is 17.3 Å². The average Bonchev–Trinajstić information content (AvgIpc) is 3.02. The summed E-state index contributed by atoms with van der Waals surface area (Å²) in [4.78, 5) is 18.9. The molecule has 0 aromatic rings. The molecule has 0 bridgehead atoms. The fourth-order valence-electron chi connectivity index (χ4n) is 3.30. The first-order valence-corrected chi connectivity index (χ1v) is 7.34. The fraction of sp³-hybridized carbons (Fsp3) is 0.733. The molecule has 0 aromatic heterocycles. The van der Waals surface area contributed by atoms with Gasteiger partial charge in [0.2, 0.25) is 6.41 Å². The SMILES string of the molecule is C=C(CCC1CCCN1C)N1CCCC1/C=N/C=O. The topological polar surface area (TPSA) is 35.9 Å². The zero-order valence-electron chi connectivity index (χ0n) is 11.9. The third-order valence-corrected chi connectivity index (χ3v) is 4.46. The number of carbonyl (C=O) groups is 1. The van der Waals surface area contributed by atoms with Crippen LogP contribution >= 0.6 is 0 Å². The molecule has 2 heterocycles. The van der Waals surface area contributed by atoms with Crippen molar-refractivity contribution in [2.75, 3.05) is 20.1 Å². The van der Waals surface area contributed by atoms with Gasteiger partial charge in [-0.15, -0.1) is 0 Å². The highest BCUT2D eigenvalue weighted by molar-refractivity contribution is 5.74. The number of allylic oxidation sites excluding steroid dienone is 1. The van der Waals surface area contributed by atoms with Gasteiger partial charge in [0.25, 0.3) is 0 Å². The van der Waals surface area contributed by atoms with Crippen LogP contribution in [0, 0.1) is 0 Å². The number of rotatable bonds is 6. The maximum atomic E-state index is 10.3. The van der Waals surface area contributed by atoms with E-state index >= 15 is 0 Å². The molecule has 4 nitrogen and oxygen atoms in total. The Morgan fingerprint density at radius 2 is 2.16 bits per heavy atom. The lowest BCUT2D eigenvalue weighted by atomic mass is 10.1. The highest BCUT2D eigenvalue weighted by Crippen LogP contribution is 2.26. The van der Waals surface area contributed by atoms with E-state index in [2.05, 4.69) is 28.4 Å². The smallest absolute Gasteiger partial charge is 0.232 e. The number of likely N-dealkylation sites (tertiary alicyclic amines) is 2. The maximum Gasteiger partial charge on any atom is 0.232 e. The second-order valence-electron chi connectivity index (χ2n) is 5.69. The Hall–Kier alpha value is -1.16. The van der Waals surface area contributed by atoms with E-state index < -0.39 is 0 Å². The first kappa shape index (κ1) is 14.3. The van der Waals surface area contributed by atoms with E-state index in [1.807, 2.05) is 0 Å². The molecule has 0 spiro atoms. The lowest BCUT2D eigenvalue weighted by Gasteiger charge is -2.28. The van der Waals surface area contributed by atoms with E-state index in [4.69, 9.17) is 0 Å². The van der Waals surface area contributed by atoms with Crippen molar-refractivity contribution in [2.45, 2.75) is 50.6 Å². The van der Waals surface area contributed by atoms with Gasteiger partial charge in [-0.3, -0.25) is 4.79 Å². The minimum atomic E-state index is 0.277. The summed E-state index contributed by atoms with van der Waals surface area (Å²) in [7, 11) is 2.22. The van der Waals surface area contributed by atoms with Crippen LogP contribution in [-0.4, -0.2) is 54.6 Å². The Balaban J connectivity index is 1.81. The third-order valence-electron chi connectivity index (χ3n) is 4.46. The quantitative estimate of drug-likeness (QED) is 0.543. The lowest BCUT2D eigenvalue weighted by molar-refractivity contribution is -0.106. The van der Waals surface area contributed by atoms with Gasteiger partial charge < -0.3 is 9.80 Å². The molecule has 2 rings (SSSR count). The summed E-state index contributed by atoms with van der Waals surface area (Å²) >= 11 is 0. The molecule has 2 aliphatic heterocycles. The molecule has 2 saturated heterocycles. The Kier molecular flexibility index (Phi) is 5.14. The number of carbonyl (C=O) groups excluding carboxylic acids is 1. The van der Waals surface area contributed by atoms with E-state index in [0.29, 0.717) is 6.41 Å². The molecular weight excluding hydrogens is 238 g/mol. The molecule has 106 valence electrons. The summed E-state index contributed by atoms with van der Waals surface area (Å²) in [6, 6.07) is 1.00. The molecule has 2 unspecified atom stereocenters. The monoisotopic (exact) mass is 263 g/mol. The predicted molar refractivity (Wildman–Crippen MR) is 78.3 cm³/mol. The Bertz CT molecular complexity index is 353. The van der Waals surface area contributed by atoms with Crippen LogP contribution < -0.4 is 0 Å². The number of hydrogen-bond acceptors (Lipinski definition) is 3. The van der Waals surface area contributed by atoms with Gasteiger partial charge in [0, 0.05) is 24.5 Å². The number of aliphatic imine (C=N–C) groups is 1. The van der Waals surface area contributed by atoms with Gasteiger partial charge in [0.15, 0.2) is 0 Å². The maximum absolute atomic E-state index is 10.3. The first-order valence-electron chi connectivity index (χ1n) is 7.34. The van der Waals surface area contributed by atoms with Crippen LogP contribution in [-0.2, 0) is 4.79 Å². The van der Waals surface area contributed by atoms with Crippen molar-refractivity contribution in [3.05, 3.63) is 12.3 Å². The zero-order valence-corrected chi connectivity index (χ0v) is 11.9. The lowest BCUT2D eigenvalue weighted by Crippen LogP contribution is -2.31. The molecule has 0 aliphatic carbocycles. The summed E-state index contributed by atoms with van der Waals surface area (Å²) in [6.07, 6.45) is 9.53. The van der Waals surface area contributed by atoms with Crippen LogP contribution in [0.3, 0.4) is 0 Å². The zero-order chi connectivity index (χ0) is 13.7. The molecule has 1 amide bonds. The van der Waals surface area contributed by atoms with Gasteiger partial charge in [-0.25, -0.2) is 4.99 Å². The molecule has 0 N–H and O–H groups in total. The van der Waals surface area contributed by atoms with E-state index in [1.165, 1.54) is 31.5 Å². The van der Waals surface area contributed by atoms with Crippen molar-refractivity contribution in [2.24, 2.45) is 4.99 Å². The van der Waals surface area contributed by atoms with Crippen molar-refractivity contribution in [1.82, 2.24) is 9.80 Å². The van der Waals surface area contributed by atoms with Gasteiger partial charge >= 0.3 is 0 Å². The van der Waals surface area contributed by atoms with E-state index in [1.54, 1.807) is 6.21 Å².